The summed E-state index contributed by atoms with van der Waals surface area (Å²) in [5, 5.41) is 6.56. The van der Waals surface area contributed by atoms with Crippen LogP contribution in [0.15, 0.2) is 24.3 Å². The fourth-order valence-electron chi connectivity index (χ4n) is 3.69. The summed E-state index contributed by atoms with van der Waals surface area (Å²) >= 11 is 0. The van der Waals surface area contributed by atoms with Gasteiger partial charge in [-0.15, -0.1) is 0 Å². The lowest BCUT2D eigenvalue weighted by molar-refractivity contribution is -0.124. The van der Waals surface area contributed by atoms with Gasteiger partial charge in [0, 0.05) is 16.8 Å². The molecule has 1 aromatic carbocycles. The number of amides is 1. The SMILES string of the molecule is CC(=O)c1ccccc1NC(C(=O)NC(C)(C)CC(C)(C)C)C1CC1. The quantitative estimate of drug-likeness (QED) is 0.720. The zero-order valence-electron chi connectivity index (χ0n) is 16.4. The first-order valence-corrected chi connectivity index (χ1v) is 9.17. The van der Waals surface area contributed by atoms with Crippen molar-refractivity contribution in [3.63, 3.8) is 0 Å². The monoisotopic (exact) mass is 344 g/mol. The lowest BCUT2D eigenvalue weighted by Gasteiger charge is -2.35. The van der Waals surface area contributed by atoms with E-state index in [1.54, 1.807) is 13.0 Å². The van der Waals surface area contributed by atoms with E-state index in [4.69, 9.17) is 0 Å². The summed E-state index contributed by atoms with van der Waals surface area (Å²) in [6.45, 7) is 12.2. The number of anilines is 1. The summed E-state index contributed by atoms with van der Waals surface area (Å²) in [6.07, 6.45) is 2.99. The minimum Gasteiger partial charge on any atom is -0.373 e. The van der Waals surface area contributed by atoms with Crippen molar-refractivity contribution in [3.8, 4) is 0 Å². The second-order valence-corrected chi connectivity index (χ2v) is 9.17. The highest BCUT2D eigenvalue weighted by molar-refractivity contribution is 6.00. The minimum atomic E-state index is -0.292. The molecule has 1 aliphatic carbocycles. The summed E-state index contributed by atoms with van der Waals surface area (Å²) in [4.78, 5) is 24.8. The van der Waals surface area contributed by atoms with Crippen LogP contribution in [0.3, 0.4) is 0 Å². The Morgan fingerprint density at radius 1 is 1.12 bits per heavy atom. The summed E-state index contributed by atoms with van der Waals surface area (Å²) in [5.41, 5.74) is 1.25. The van der Waals surface area contributed by atoms with Crippen molar-refractivity contribution >= 4 is 17.4 Å². The van der Waals surface area contributed by atoms with Gasteiger partial charge in [-0.25, -0.2) is 0 Å². The molecule has 0 aromatic heterocycles. The van der Waals surface area contributed by atoms with Crippen LogP contribution in [-0.4, -0.2) is 23.3 Å². The lowest BCUT2D eigenvalue weighted by Crippen LogP contribution is -2.52. The molecule has 0 bridgehead atoms. The van der Waals surface area contributed by atoms with E-state index >= 15 is 0 Å². The van der Waals surface area contributed by atoms with Crippen LogP contribution in [0.1, 0.15) is 71.2 Å². The van der Waals surface area contributed by atoms with Gasteiger partial charge in [0.15, 0.2) is 5.78 Å². The van der Waals surface area contributed by atoms with Crippen LogP contribution in [0.2, 0.25) is 0 Å². The van der Waals surface area contributed by atoms with E-state index in [9.17, 15) is 9.59 Å². The number of hydrogen-bond acceptors (Lipinski definition) is 3. The van der Waals surface area contributed by atoms with Gasteiger partial charge in [-0.1, -0.05) is 32.9 Å². The molecule has 2 rings (SSSR count). The molecule has 138 valence electrons. The zero-order valence-corrected chi connectivity index (χ0v) is 16.4. The molecule has 0 heterocycles. The fourth-order valence-corrected chi connectivity index (χ4v) is 3.69. The average Bonchev–Trinajstić information content (AvgIpc) is 3.25. The summed E-state index contributed by atoms with van der Waals surface area (Å²) in [5.74, 6) is 0.367. The number of benzene rings is 1. The number of nitrogens with one attached hydrogen (secondary N) is 2. The first kappa shape index (κ1) is 19.5. The van der Waals surface area contributed by atoms with Crippen LogP contribution >= 0.6 is 0 Å². The molecule has 1 atom stereocenters. The van der Waals surface area contributed by atoms with Crippen molar-refractivity contribution in [2.75, 3.05) is 5.32 Å². The molecule has 1 fully saturated rings. The van der Waals surface area contributed by atoms with E-state index in [0.717, 1.165) is 24.9 Å². The van der Waals surface area contributed by atoms with E-state index in [-0.39, 0.29) is 28.7 Å². The predicted octanol–water partition coefficient (Wildman–Crippen LogP) is 4.41. The first-order valence-electron chi connectivity index (χ1n) is 9.17. The Hall–Kier alpha value is -1.84. The lowest BCUT2D eigenvalue weighted by atomic mass is 9.81. The molecule has 1 aliphatic rings. The van der Waals surface area contributed by atoms with E-state index in [0.29, 0.717) is 11.5 Å². The molecule has 25 heavy (non-hydrogen) atoms. The normalized spacial score (nSPS) is 16.2. The maximum absolute atomic E-state index is 13.0. The van der Waals surface area contributed by atoms with Crippen LogP contribution in [-0.2, 0) is 4.79 Å². The molecule has 1 aromatic rings. The highest BCUT2D eigenvalue weighted by Crippen LogP contribution is 2.36. The summed E-state index contributed by atoms with van der Waals surface area (Å²) < 4.78 is 0. The number of para-hydroxylation sites is 1. The molecular formula is C21H32N2O2. The van der Waals surface area contributed by atoms with Gasteiger partial charge in [0.2, 0.25) is 5.91 Å². The van der Waals surface area contributed by atoms with E-state index in [1.807, 2.05) is 18.2 Å². The molecule has 4 heteroatoms. The third-order valence-corrected chi connectivity index (χ3v) is 4.43. The second-order valence-electron chi connectivity index (χ2n) is 9.17. The molecule has 4 nitrogen and oxygen atoms in total. The smallest absolute Gasteiger partial charge is 0.243 e. The van der Waals surface area contributed by atoms with Crippen molar-refractivity contribution in [1.29, 1.82) is 0 Å². The van der Waals surface area contributed by atoms with Gasteiger partial charge < -0.3 is 10.6 Å². The number of hydrogen-bond donors (Lipinski definition) is 2. The Morgan fingerprint density at radius 2 is 1.72 bits per heavy atom. The van der Waals surface area contributed by atoms with E-state index in [2.05, 4.69) is 45.3 Å². The highest BCUT2D eigenvalue weighted by Gasteiger charge is 2.39. The van der Waals surface area contributed by atoms with Crippen LogP contribution in [0.5, 0.6) is 0 Å². The first-order chi connectivity index (χ1) is 11.5. The highest BCUT2D eigenvalue weighted by atomic mass is 16.2. The van der Waals surface area contributed by atoms with Gasteiger partial charge >= 0.3 is 0 Å². The van der Waals surface area contributed by atoms with Crippen LogP contribution in [0, 0.1) is 11.3 Å². The molecular weight excluding hydrogens is 312 g/mol. The molecule has 1 saturated carbocycles. The van der Waals surface area contributed by atoms with Crippen molar-refractivity contribution < 1.29 is 9.59 Å². The minimum absolute atomic E-state index is 0.00566. The fraction of sp³-hybridized carbons (Fsp3) is 0.619. The van der Waals surface area contributed by atoms with E-state index < -0.39 is 0 Å². The maximum Gasteiger partial charge on any atom is 0.243 e. The maximum atomic E-state index is 13.0. The second kappa shape index (κ2) is 7.19. The average molecular weight is 344 g/mol. The van der Waals surface area contributed by atoms with Gasteiger partial charge in [-0.05, 0) is 63.5 Å². The van der Waals surface area contributed by atoms with Crippen LogP contribution in [0.4, 0.5) is 5.69 Å². The van der Waals surface area contributed by atoms with Gasteiger partial charge in [0.1, 0.15) is 6.04 Å². The predicted molar refractivity (Wildman–Crippen MR) is 103 cm³/mol. The molecule has 0 aliphatic heterocycles. The number of ketones is 1. The standard InChI is InChI=1S/C21H32N2O2/c1-14(24)16-9-7-8-10-17(16)22-18(15-11-12-15)19(25)23-21(5,6)13-20(2,3)4/h7-10,15,18,22H,11-13H2,1-6H3,(H,23,25). The van der Waals surface area contributed by atoms with Crippen molar-refractivity contribution in [2.45, 2.75) is 72.4 Å². The van der Waals surface area contributed by atoms with Crippen LogP contribution in [0.25, 0.3) is 0 Å². The largest absolute Gasteiger partial charge is 0.373 e. The Balaban J connectivity index is 2.14. The number of carbonyl (C=O) groups excluding carboxylic acids is 2. The van der Waals surface area contributed by atoms with Crippen molar-refractivity contribution in [1.82, 2.24) is 5.32 Å². The van der Waals surface area contributed by atoms with Gasteiger partial charge in [0.25, 0.3) is 0 Å². The van der Waals surface area contributed by atoms with Gasteiger partial charge in [0.05, 0.1) is 0 Å². The Bertz CT molecular complexity index is 640. The third kappa shape index (κ3) is 5.87. The van der Waals surface area contributed by atoms with Gasteiger partial charge in [-0.3, -0.25) is 9.59 Å². The van der Waals surface area contributed by atoms with Crippen molar-refractivity contribution in [3.05, 3.63) is 29.8 Å². The molecule has 2 N–H and O–H groups in total. The molecule has 1 amide bonds. The summed E-state index contributed by atoms with van der Waals surface area (Å²) in [6, 6.07) is 7.12. The van der Waals surface area contributed by atoms with Gasteiger partial charge in [-0.2, -0.15) is 0 Å². The molecule has 0 saturated heterocycles. The number of Topliss-reactive ketones (excluding diaryl/α,β-unsaturated/α-hetero) is 1. The summed E-state index contributed by atoms with van der Waals surface area (Å²) in [7, 11) is 0. The Labute approximate surface area is 151 Å². The van der Waals surface area contributed by atoms with Crippen molar-refractivity contribution in [2.24, 2.45) is 11.3 Å². The topological polar surface area (TPSA) is 58.2 Å². The van der Waals surface area contributed by atoms with Crippen LogP contribution < -0.4 is 10.6 Å². The van der Waals surface area contributed by atoms with E-state index in [1.165, 1.54) is 0 Å². The number of rotatable bonds is 7. The Morgan fingerprint density at radius 3 is 2.24 bits per heavy atom. The molecule has 1 unspecified atom stereocenters. The zero-order chi connectivity index (χ0) is 18.8. The molecule has 0 spiro atoms. The molecule has 0 radical (unpaired) electrons. The number of carbonyl (C=O) groups is 2. The third-order valence-electron chi connectivity index (χ3n) is 4.43. The Kier molecular flexibility index (Phi) is 5.60.